The Balaban J connectivity index is 2.00. The van der Waals surface area contributed by atoms with Gasteiger partial charge in [0.05, 0.1) is 21.6 Å². The molecule has 1 heterocycles. The highest BCUT2D eigenvalue weighted by molar-refractivity contribution is 9.10. The lowest BCUT2D eigenvalue weighted by atomic mass is 10.2. The van der Waals surface area contributed by atoms with Crippen LogP contribution in [0.3, 0.4) is 0 Å². The summed E-state index contributed by atoms with van der Waals surface area (Å²) >= 11 is 3.34. The lowest BCUT2D eigenvalue weighted by Gasteiger charge is -2.10. The maximum Gasteiger partial charge on any atom is 0.262 e. The van der Waals surface area contributed by atoms with Gasteiger partial charge in [-0.3, -0.25) is 4.72 Å². The molecule has 7 heteroatoms. The van der Waals surface area contributed by atoms with Crippen molar-refractivity contribution in [2.45, 2.75) is 18.7 Å². The van der Waals surface area contributed by atoms with E-state index in [1.807, 2.05) is 24.6 Å². The summed E-state index contributed by atoms with van der Waals surface area (Å²) in [6, 6.07) is 10.4. The molecule has 0 spiro atoms. The largest absolute Gasteiger partial charge is 0.331 e. The van der Waals surface area contributed by atoms with Crippen LogP contribution in [0.25, 0.3) is 11.0 Å². The second kappa shape index (κ2) is 5.65. The molecule has 0 saturated heterocycles. The maximum atomic E-state index is 12.6. The number of imidazole rings is 1. The smallest absolute Gasteiger partial charge is 0.262 e. The highest BCUT2D eigenvalue weighted by atomic mass is 79.9. The third-order valence-electron chi connectivity index (χ3n) is 3.78. The number of benzene rings is 2. The minimum Gasteiger partial charge on any atom is -0.331 e. The van der Waals surface area contributed by atoms with E-state index in [-0.39, 0.29) is 4.90 Å². The Morgan fingerprint density at radius 2 is 1.87 bits per heavy atom. The lowest BCUT2D eigenvalue weighted by Crippen LogP contribution is -2.14. The van der Waals surface area contributed by atoms with Gasteiger partial charge in [-0.25, -0.2) is 13.4 Å². The molecule has 0 radical (unpaired) electrons. The average molecular weight is 394 g/mol. The molecule has 120 valence electrons. The van der Waals surface area contributed by atoms with Crippen LogP contribution in [0.4, 0.5) is 5.69 Å². The molecule has 1 aromatic heterocycles. The summed E-state index contributed by atoms with van der Waals surface area (Å²) in [6.45, 7) is 3.68. The molecule has 2 aromatic carbocycles. The zero-order chi connectivity index (χ0) is 16.8. The van der Waals surface area contributed by atoms with Gasteiger partial charge < -0.3 is 4.57 Å². The molecule has 5 nitrogen and oxygen atoms in total. The SMILES string of the molecule is Cc1cc(Br)ccc1S(=O)(=O)Nc1ccc2c(c1)nc(C)n2C. The van der Waals surface area contributed by atoms with Crippen molar-refractivity contribution in [1.29, 1.82) is 0 Å². The zero-order valence-electron chi connectivity index (χ0n) is 13.0. The summed E-state index contributed by atoms with van der Waals surface area (Å²) in [5, 5.41) is 0. The van der Waals surface area contributed by atoms with Crippen LogP contribution >= 0.6 is 15.9 Å². The zero-order valence-corrected chi connectivity index (χ0v) is 15.4. The molecule has 23 heavy (non-hydrogen) atoms. The van der Waals surface area contributed by atoms with Gasteiger partial charge in [0.15, 0.2) is 0 Å². The molecule has 0 bridgehead atoms. The first-order valence-corrected chi connectivity index (χ1v) is 9.27. The monoisotopic (exact) mass is 393 g/mol. The Morgan fingerprint density at radius 1 is 1.13 bits per heavy atom. The fourth-order valence-electron chi connectivity index (χ4n) is 2.51. The number of nitrogens with one attached hydrogen (secondary N) is 1. The minimum absolute atomic E-state index is 0.262. The van der Waals surface area contributed by atoms with Crippen LogP contribution < -0.4 is 4.72 Å². The van der Waals surface area contributed by atoms with Gasteiger partial charge in [-0.1, -0.05) is 15.9 Å². The molecular weight excluding hydrogens is 378 g/mol. The van der Waals surface area contributed by atoms with Gasteiger partial charge in [-0.05, 0) is 55.8 Å². The Bertz CT molecular complexity index is 1010. The van der Waals surface area contributed by atoms with Crippen molar-refractivity contribution in [2.24, 2.45) is 7.05 Å². The first-order valence-electron chi connectivity index (χ1n) is 7.00. The van der Waals surface area contributed by atoms with E-state index >= 15 is 0 Å². The number of hydrogen-bond donors (Lipinski definition) is 1. The van der Waals surface area contributed by atoms with E-state index in [9.17, 15) is 8.42 Å². The standard InChI is InChI=1S/C16H16BrN3O2S/c1-10-8-12(17)4-7-16(10)23(21,22)19-13-5-6-15-14(9-13)18-11(2)20(15)3/h4-9,19H,1-3H3. The highest BCUT2D eigenvalue weighted by Crippen LogP contribution is 2.24. The van der Waals surface area contributed by atoms with Crippen molar-refractivity contribution < 1.29 is 8.42 Å². The molecule has 3 aromatic rings. The fraction of sp³-hybridized carbons (Fsp3) is 0.188. The summed E-state index contributed by atoms with van der Waals surface area (Å²) in [6.07, 6.45) is 0. The molecule has 0 aliphatic heterocycles. The number of rotatable bonds is 3. The van der Waals surface area contributed by atoms with Gasteiger partial charge in [0.2, 0.25) is 0 Å². The van der Waals surface area contributed by atoms with Crippen LogP contribution in [0.2, 0.25) is 0 Å². The van der Waals surface area contributed by atoms with Crippen LogP contribution in [-0.2, 0) is 17.1 Å². The van der Waals surface area contributed by atoms with Gasteiger partial charge in [-0.15, -0.1) is 0 Å². The van der Waals surface area contributed by atoms with Crippen LogP contribution in [0.1, 0.15) is 11.4 Å². The van der Waals surface area contributed by atoms with Crippen molar-refractivity contribution in [3.05, 3.63) is 52.3 Å². The molecule has 0 aliphatic carbocycles. The predicted molar refractivity (Wildman–Crippen MR) is 95.1 cm³/mol. The lowest BCUT2D eigenvalue weighted by molar-refractivity contribution is 0.600. The highest BCUT2D eigenvalue weighted by Gasteiger charge is 2.17. The maximum absolute atomic E-state index is 12.6. The number of nitrogens with zero attached hydrogens (tertiary/aromatic N) is 2. The van der Waals surface area contributed by atoms with E-state index in [1.165, 1.54) is 0 Å². The molecule has 3 rings (SSSR count). The molecular formula is C16H16BrN3O2S. The molecule has 0 atom stereocenters. The summed E-state index contributed by atoms with van der Waals surface area (Å²) < 4.78 is 30.6. The van der Waals surface area contributed by atoms with Crippen LogP contribution in [0, 0.1) is 13.8 Å². The van der Waals surface area contributed by atoms with Gasteiger partial charge in [0.1, 0.15) is 5.82 Å². The Morgan fingerprint density at radius 3 is 2.57 bits per heavy atom. The summed E-state index contributed by atoms with van der Waals surface area (Å²) in [5.74, 6) is 0.878. The van der Waals surface area contributed by atoms with Crippen molar-refractivity contribution in [2.75, 3.05) is 4.72 Å². The van der Waals surface area contributed by atoms with E-state index < -0.39 is 10.0 Å². The third-order valence-corrected chi connectivity index (χ3v) is 5.82. The van der Waals surface area contributed by atoms with Gasteiger partial charge >= 0.3 is 0 Å². The van der Waals surface area contributed by atoms with E-state index in [1.54, 1.807) is 37.3 Å². The summed E-state index contributed by atoms with van der Waals surface area (Å²) in [4.78, 5) is 4.69. The van der Waals surface area contributed by atoms with Crippen LogP contribution in [0.5, 0.6) is 0 Å². The van der Waals surface area contributed by atoms with E-state index in [0.717, 1.165) is 21.3 Å². The molecule has 1 N–H and O–H groups in total. The fourth-order valence-corrected chi connectivity index (χ4v) is 4.26. The molecule has 0 amide bonds. The first kappa shape index (κ1) is 16.0. The van der Waals surface area contributed by atoms with Crippen molar-refractivity contribution in [3.8, 4) is 0 Å². The number of hydrogen-bond acceptors (Lipinski definition) is 3. The number of halogens is 1. The summed E-state index contributed by atoms with van der Waals surface area (Å²) in [7, 11) is -1.71. The van der Waals surface area contributed by atoms with Gasteiger partial charge in [0, 0.05) is 11.5 Å². The number of anilines is 1. The number of aryl methyl sites for hydroxylation is 3. The average Bonchev–Trinajstić information content (AvgIpc) is 2.72. The van der Waals surface area contributed by atoms with Crippen LogP contribution in [0.15, 0.2) is 45.8 Å². The molecule has 0 unspecified atom stereocenters. The molecule has 0 aliphatic rings. The quantitative estimate of drug-likeness (QED) is 0.736. The van der Waals surface area contributed by atoms with E-state index in [4.69, 9.17) is 0 Å². The Kier molecular flexibility index (Phi) is 3.93. The Labute approximate surface area is 143 Å². The van der Waals surface area contributed by atoms with E-state index in [0.29, 0.717) is 11.3 Å². The normalized spacial score (nSPS) is 11.8. The second-order valence-electron chi connectivity index (χ2n) is 5.44. The van der Waals surface area contributed by atoms with E-state index in [2.05, 4.69) is 25.6 Å². The molecule has 0 fully saturated rings. The predicted octanol–water partition coefficient (Wildman–Crippen LogP) is 3.75. The van der Waals surface area contributed by atoms with Crippen molar-refractivity contribution in [1.82, 2.24) is 9.55 Å². The molecule has 0 saturated carbocycles. The Hall–Kier alpha value is -1.86. The van der Waals surface area contributed by atoms with Crippen LogP contribution in [-0.4, -0.2) is 18.0 Å². The minimum atomic E-state index is -3.64. The van der Waals surface area contributed by atoms with Crippen molar-refractivity contribution >= 4 is 42.7 Å². The number of fused-ring (bicyclic) bond motifs is 1. The first-order chi connectivity index (χ1) is 10.8. The third kappa shape index (κ3) is 2.98. The van der Waals surface area contributed by atoms with Gasteiger partial charge in [-0.2, -0.15) is 0 Å². The topological polar surface area (TPSA) is 64.0 Å². The summed E-state index contributed by atoms with van der Waals surface area (Å²) in [5.41, 5.74) is 2.91. The van der Waals surface area contributed by atoms with Gasteiger partial charge in [0.25, 0.3) is 10.0 Å². The number of sulfonamides is 1. The second-order valence-corrected chi connectivity index (χ2v) is 8.00. The number of aromatic nitrogens is 2. The van der Waals surface area contributed by atoms with Crippen molar-refractivity contribution in [3.63, 3.8) is 0 Å².